The van der Waals surface area contributed by atoms with E-state index in [2.05, 4.69) is 10.6 Å². The van der Waals surface area contributed by atoms with Gasteiger partial charge < -0.3 is 25.6 Å². The first-order valence-corrected chi connectivity index (χ1v) is 5.52. The number of carboxylic acids is 1. The molecule has 0 atom stereocenters. The quantitative estimate of drug-likeness (QED) is 0.540. The predicted octanol–water partition coefficient (Wildman–Crippen LogP) is -1.51. The molecule has 2 amide bonds. The lowest BCUT2D eigenvalue weighted by atomic mass is 10.2. The first-order chi connectivity index (χ1) is 9.04. The van der Waals surface area contributed by atoms with Crippen molar-refractivity contribution in [2.75, 3.05) is 18.5 Å². The van der Waals surface area contributed by atoms with E-state index >= 15 is 0 Å². The third-order valence-electron chi connectivity index (χ3n) is 2.18. The minimum atomic E-state index is -1.42. The van der Waals surface area contributed by atoms with Crippen LogP contribution in [0, 0.1) is 0 Å². The largest absolute Gasteiger partial charge is 0.545 e. The third kappa shape index (κ3) is 4.76. The molecule has 0 radical (unpaired) electrons. The summed E-state index contributed by atoms with van der Waals surface area (Å²) in [6.07, 6.45) is -0.457. The molecule has 0 aromatic heterocycles. The van der Waals surface area contributed by atoms with Crippen LogP contribution in [0.3, 0.4) is 0 Å². The standard InChI is InChI=1S/C12H14N2O5/c15-6-5-13-10(16)7-11(17)14-9-4-2-1-3-8(9)12(18)19/h1-4,15H,5-7H2,(H,13,16)(H,14,17)(H,18,19)/p-1. The number of para-hydroxylation sites is 1. The van der Waals surface area contributed by atoms with Crippen molar-refractivity contribution in [3.05, 3.63) is 29.8 Å². The minimum Gasteiger partial charge on any atom is -0.545 e. The molecule has 7 nitrogen and oxygen atoms in total. The number of aliphatic hydroxyl groups excluding tert-OH is 1. The number of nitrogens with one attached hydrogen (secondary N) is 2. The van der Waals surface area contributed by atoms with E-state index < -0.39 is 24.2 Å². The van der Waals surface area contributed by atoms with Crippen molar-refractivity contribution in [3.8, 4) is 0 Å². The lowest BCUT2D eigenvalue weighted by molar-refractivity contribution is -0.254. The highest BCUT2D eigenvalue weighted by atomic mass is 16.4. The Morgan fingerprint density at radius 3 is 2.47 bits per heavy atom. The molecule has 19 heavy (non-hydrogen) atoms. The monoisotopic (exact) mass is 265 g/mol. The van der Waals surface area contributed by atoms with E-state index in [1.54, 1.807) is 6.07 Å². The lowest BCUT2D eigenvalue weighted by Crippen LogP contribution is -2.31. The number of benzene rings is 1. The Balaban J connectivity index is 2.62. The van der Waals surface area contributed by atoms with Gasteiger partial charge >= 0.3 is 0 Å². The molecule has 0 aliphatic carbocycles. The summed E-state index contributed by atoms with van der Waals surface area (Å²) in [7, 11) is 0. The van der Waals surface area contributed by atoms with Gasteiger partial charge in [-0.2, -0.15) is 0 Å². The zero-order valence-corrected chi connectivity index (χ0v) is 10.0. The van der Waals surface area contributed by atoms with E-state index in [0.717, 1.165) is 0 Å². The summed E-state index contributed by atoms with van der Waals surface area (Å²) >= 11 is 0. The number of carbonyl (C=O) groups is 3. The highest BCUT2D eigenvalue weighted by molar-refractivity contribution is 6.06. The van der Waals surface area contributed by atoms with Crippen molar-refractivity contribution in [2.45, 2.75) is 6.42 Å². The summed E-state index contributed by atoms with van der Waals surface area (Å²) < 4.78 is 0. The van der Waals surface area contributed by atoms with Crippen molar-refractivity contribution >= 4 is 23.5 Å². The van der Waals surface area contributed by atoms with Gasteiger partial charge in [0.1, 0.15) is 6.42 Å². The van der Waals surface area contributed by atoms with Crippen molar-refractivity contribution in [2.24, 2.45) is 0 Å². The molecule has 102 valence electrons. The number of carboxylic acid groups (broad SMARTS) is 1. The molecule has 0 saturated carbocycles. The van der Waals surface area contributed by atoms with Crippen LogP contribution in [0.5, 0.6) is 0 Å². The Bertz CT molecular complexity index is 487. The SMILES string of the molecule is O=C(CC(=O)Nc1ccccc1C(=O)[O-])NCCO. The van der Waals surface area contributed by atoms with Crippen LogP contribution >= 0.6 is 0 Å². The number of anilines is 1. The Kier molecular flexibility index (Phi) is 5.49. The lowest BCUT2D eigenvalue weighted by Gasteiger charge is -2.11. The van der Waals surface area contributed by atoms with Gasteiger partial charge in [-0.05, 0) is 6.07 Å². The van der Waals surface area contributed by atoms with Gasteiger partial charge in [-0.25, -0.2) is 0 Å². The Morgan fingerprint density at radius 2 is 1.84 bits per heavy atom. The van der Waals surface area contributed by atoms with Crippen molar-refractivity contribution in [3.63, 3.8) is 0 Å². The molecule has 1 aromatic rings. The smallest absolute Gasteiger partial charge is 0.233 e. The van der Waals surface area contributed by atoms with E-state index in [9.17, 15) is 19.5 Å². The van der Waals surface area contributed by atoms with Crippen LogP contribution in [0.2, 0.25) is 0 Å². The van der Waals surface area contributed by atoms with Gasteiger partial charge in [-0.15, -0.1) is 0 Å². The first-order valence-electron chi connectivity index (χ1n) is 5.52. The molecular formula is C12H13N2O5-. The zero-order chi connectivity index (χ0) is 14.3. The summed E-state index contributed by atoms with van der Waals surface area (Å²) in [5.41, 5.74) is -0.0888. The average molecular weight is 265 g/mol. The number of carbonyl (C=O) groups excluding carboxylic acids is 3. The Hall–Kier alpha value is -2.41. The predicted molar refractivity (Wildman–Crippen MR) is 64.1 cm³/mol. The van der Waals surface area contributed by atoms with E-state index in [4.69, 9.17) is 5.11 Å². The maximum atomic E-state index is 11.5. The van der Waals surface area contributed by atoms with E-state index in [1.807, 2.05) is 0 Å². The van der Waals surface area contributed by atoms with Crippen molar-refractivity contribution in [1.29, 1.82) is 0 Å². The van der Waals surface area contributed by atoms with E-state index in [1.165, 1.54) is 18.2 Å². The molecule has 7 heteroatoms. The molecular weight excluding hydrogens is 252 g/mol. The van der Waals surface area contributed by atoms with Crippen LogP contribution in [0.15, 0.2) is 24.3 Å². The Morgan fingerprint density at radius 1 is 1.16 bits per heavy atom. The minimum absolute atomic E-state index is 0.0573. The Labute approximate surface area is 109 Å². The summed E-state index contributed by atoms with van der Waals surface area (Å²) in [6, 6.07) is 5.73. The molecule has 3 N–H and O–H groups in total. The molecule has 0 saturated heterocycles. The molecule has 1 rings (SSSR count). The summed E-state index contributed by atoms with van der Waals surface area (Å²) in [6.45, 7) is -0.164. The van der Waals surface area contributed by atoms with Gasteiger partial charge in [-0.3, -0.25) is 9.59 Å². The van der Waals surface area contributed by atoms with Gasteiger partial charge in [0.2, 0.25) is 11.8 Å². The number of aliphatic hydroxyl groups is 1. The zero-order valence-electron chi connectivity index (χ0n) is 10.0. The van der Waals surface area contributed by atoms with Gasteiger partial charge in [-0.1, -0.05) is 18.2 Å². The fraction of sp³-hybridized carbons (Fsp3) is 0.250. The molecule has 1 aromatic carbocycles. The fourth-order valence-electron chi connectivity index (χ4n) is 1.37. The summed E-state index contributed by atoms with van der Waals surface area (Å²) in [4.78, 5) is 33.5. The van der Waals surface area contributed by atoms with Gasteiger partial charge in [0.15, 0.2) is 0 Å². The second kappa shape index (κ2) is 7.12. The molecule has 0 aliphatic heterocycles. The van der Waals surface area contributed by atoms with Crippen LogP contribution in [0.25, 0.3) is 0 Å². The number of rotatable bonds is 6. The highest BCUT2D eigenvalue weighted by Gasteiger charge is 2.11. The second-order valence-electron chi connectivity index (χ2n) is 3.63. The normalized spacial score (nSPS) is 9.74. The summed E-state index contributed by atoms with van der Waals surface area (Å²) in [5, 5.41) is 23.9. The van der Waals surface area contributed by atoms with Crippen LogP contribution < -0.4 is 15.7 Å². The van der Waals surface area contributed by atoms with Crippen LogP contribution in [0.1, 0.15) is 16.8 Å². The van der Waals surface area contributed by atoms with Gasteiger partial charge in [0.05, 0.1) is 12.6 Å². The van der Waals surface area contributed by atoms with Crippen molar-refractivity contribution < 1.29 is 24.6 Å². The molecule has 0 aliphatic rings. The van der Waals surface area contributed by atoms with Gasteiger partial charge in [0.25, 0.3) is 0 Å². The van der Waals surface area contributed by atoms with Crippen LogP contribution in [-0.4, -0.2) is 36.0 Å². The molecule has 0 spiro atoms. The number of hydrogen-bond acceptors (Lipinski definition) is 5. The van der Waals surface area contributed by atoms with E-state index in [0.29, 0.717) is 0 Å². The first kappa shape index (κ1) is 14.7. The molecule has 0 bridgehead atoms. The summed E-state index contributed by atoms with van der Waals surface area (Å²) in [5.74, 6) is -2.62. The van der Waals surface area contributed by atoms with Crippen LogP contribution in [0.4, 0.5) is 5.69 Å². The number of aromatic carboxylic acids is 1. The fourth-order valence-corrected chi connectivity index (χ4v) is 1.37. The van der Waals surface area contributed by atoms with Gasteiger partial charge in [0, 0.05) is 17.8 Å². The number of hydrogen-bond donors (Lipinski definition) is 3. The second-order valence-corrected chi connectivity index (χ2v) is 3.63. The third-order valence-corrected chi connectivity index (χ3v) is 2.18. The molecule has 0 unspecified atom stereocenters. The highest BCUT2D eigenvalue weighted by Crippen LogP contribution is 2.14. The molecule has 0 fully saturated rings. The van der Waals surface area contributed by atoms with E-state index in [-0.39, 0.29) is 24.4 Å². The average Bonchev–Trinajstić information content (AvgIpc) is 2.36. The number of amides is 2. The topological polar surface area (TPSA) is 119 Å². The van der Waals surface area contributed by atoms with Crippen LogP contribution in [-0.2, 0) is 9.59 Å². The molecule has 0 heterocycles. The maximum Gasteiger partial charge on any atom is 0.233 e. The van der Waals surface area contributed by atoms with Crippen molar-refractivity contribution in [1.82, 2.24) is 5.32 Å². The maximum absolute atomic E-state index is 11.5.